The molecule has 110 valence electrons. The van der Waals surface area contributed by atoms with E-state index in [0.29, 0.717) is 26.0 Å². The van der Waals surface area contributed by atoms with Crippen molar-refractivity contribution >= 4 is 11.9 Å². The first kappa shape index (κ1) is 14.8. The quantitative estimate of drug-likeness (QED) is 0.701. The van der Waals surface area contributed by atoms with Crippen LogP contribution in [0.1, 0.15) is 32.1 Å². The number of ether oxygens (including phenoxy) is 2. The number of nitrogens with zero attached hydrogens (tertiary/aromatic N) is 2. The summed E-state index contributed by atoms with van der Waals surface area (Å²) in [5.41, 5.74) is -0.970. The molecule has 1 atom stereocenters. The van der Waals surface area contributed by atoms with E-state index >= 15 is 0 Å². The van der Waals surface area contributed by atoms with Gasteiger partial charge >= 0.3 is 5.97 Å². The fourth-order valence-corrected chi connectivity index (χ4v) is 2.98. The van der Waals surface area contributed by atoms with Gasteiger partial charge in [-0.05, 0) is 12.8 Å². The van der Waals surface area contributed by atoms with Crippen LogP contribution in [-0.4, -0.2) is 49.7 Å². The maximum Gasteiger partial charge on any atom is 0.331 e. The van der Waals surface area contributed by atoms with Crippen LogP contribution in [0.5, 0.6) is 0 Å². The van der Waals surface area contributed by atoms with Gasteiger partial charge in [0.15, 0.2) is 6.04 Å². The number of esters is 1. The Morgan fingerprint density at radius 2 is 2.05 bits per heavy atom. The third-order valence-corrected chi connectivity index (χ3v) is 4.19. The first-order valence-corrected chi connectivity index (χ1v) is 7.02. The molecule has 1 saturated carbocycles. The average Bonchev–Trinajstić information content (AvgIpc) is 2.54. The molecule has 0 spiro atoms. The predicted octanol–water partition coefficient (Wildman–Crippen LogP) is 0.861. The van der Waals surface area contributed by atoms with E-state index in [2.05, 4.69) is 6.07 Å². The Hall–Kier alpha value is -1.61. The van der Waals surface area contributed by atoms with E-state index in [1.807, 2.05) is 0 Å². The molecule has 0 bridgehead atoms. The monoisotopic (exact) mass is 280 g/mol. The number of methoxy groups -OCH3 is 1. The minimum atomic E-state index is -0.970. The molecule has 6 heteroatoms. The summed E-state index contributed by atoms with van der Waals surface area (Å²) in [6, 6.07) is 1.48. The highest BCUT2D eigenvalue weighted by atomic mass is 16.5. The lowest BCUT2D eigenvalue weighted by atomic mass is 9.74. The van der Waals surface area contributed by atoms with E-state index < -0.39 is 17.4 Å². The van der Waals surface area contributed by atoms with Gasteiger partial charge in [0, 0.05) is 6.54 Å². The zero-order valence-corrected chi connectivity index (χ0v) is 11.8. The van der Waals surface area contributed by atoms with Gasteiger partial charge < -0.3 is 14.4 Å². The number of rotatable bonds is 2. The van der Waals surface area contributed by atoms with E-state index in [0.717, 1.165) is 19.3 Å². The van der Waals surface area contributed by atoms with Crippen molar-refractivity contribution < 1.29 is 19.1 Å². The molecule has 0 N–H and O–H groups in total. The minimum Gasteiger partial charge on any atom is -0.467 e. The van der Waals surface area contributed by atoms with Crippen molar-refractivity contribution in [3.05, 3.63) is 0 Å². The molecule has 1 heterocycles. The topological polar surface area (TPSA) is 79.6 Å². The highest BCUT2D eigenvalue weighted by Crippen LogP contribution is 2.38. The number of hydrogen-bond acceptors (Lipinski definition) is 5. The number of hydrogen-bond donors (Lipinski definition) is 0. The molecule has 2 rings (SSSR count). The number of morpholine rings is 1. The zero-order chi connectivity index (χ0) is 14.6. The van der Waals surface area contributed by atoms with Crippen molar-refractivity contribution in [2.45, 2.75) is 38.1 Å². The average molecular weight is 280 g/mol. The Kier molecular flexibility index (Phi) is 4.61. The molecule has 2 aliphatic rings. The van der Waals surface area contributed by atoms with Crippen LogP contribution in [0.25, 0.3) is 0 Å². The zero-order valence-electron chi connectivity index (χ0n) is 11.8. The molecule has 20 heavy (non-hydrogen) atoms. The van der Waals surface area contributed by atoms with E-state index in [-0.39, 0.29) is 12.5 Å². The van der Waals surface area contributed by atoms with Gasteiger partial charge in [-0.3, -0.25) is 4.79 Å². The first-order valence-electron chi connectivity index (χ1n) is 7.02. The van der Waals surface area contributed by atoms with Gasteiger partial charge in [0.25, 0.3) is 0 Å². The molecule has 0 aromatic heterocycles. The van der Waals surface area contributed by atoms with E-state index in [4.69, 9.17) is 9.47 Å². The summed E-state index contributed by atoms with van der Waals surface area (Å²) in [4.78, 5) is 26.0. The van der Waals surface area contributed by atoms with Crippen molar-refractivity contribution in [1.82, 2.24) is 4.90 Å². The molecule has 0 aromatic carbocycles. The molecule has 1 unspecified atom stereocenters. The Bertz CT molecular complexity index is 423. The molecule has 0 aromatic rings. The summed E-state index contributed by atoms with van der Waals surface area (Å²) in [5, 5.41) is 9.48. The van der Waals surface area contributed by atoms with Crippen LogP contribution in [0.15, 0.2) is 0 Å². The van der Waals surface area contributed by atoms with Gasteiger partial charge in [0.2, 0.25) is 5.91 Å². The van der Waals surface area contributed by atoms with Crippen LogP contribution in [0, 0.1) is 16.7 Å². The van der Waals surface area contributed by atoms with Crippen LogP contribution in [0.3, 0.4) is 0 Å². The normalized spacial score (nSPS) is 25.6. The number of carbonyl (C=O) groups excluding carboxylic acids is 2. The summed E-state index contributed by atoms with van der Waals surface area (Å²) in [5.74, 6) is -0.722. The van der Waals surface area contributed by atoms with Gasteiger partial charge in [-0.25, -0.2) is 4.79 Å². The van der Waals surface area contributed by atoms with Gasteiger partial charge in [-0.2, -0.15) is 5.26 Å². The summed E-state index contributed by atoms with van der Waals surface area (Å²) in [6.07, 6.45) is 3.97. The smallest absolute Gasteiger partial charge is 0.331 e. The second-order valence-electron chi connectivity index (χ2n) is 5.37. The third-order valence-electron chi connectivity index (χ3n) is 4.19. The van der Waals surface area contributed by atoms with Crippen LogP contribution in [0.4, 0.5) is 0 Å². The largest absolute Gasteiger partial charge is 0.467 e. The van der Waals surface area contributed by atoms with Crippen molar-refractivity contribution in [3.8, 4) is 6.07 Å². The molecular formula is C14H20N2O4. The van der Waals surface area contributed by atoms with Crippen molar-refractivity contribution in [3.63, 3.8) is 0 Å². The van der Waals surface area contributed by atoms with Gasteiger partial charge in [0.05, 0.1) is 26.4 Å². The van der Waals surface area contributed by atoms with Crippen molar-refractivity contribution in [2.24, 2.45) is 5.41 Å². The van der Waals surface area contributed by atoms with Gasteiger partial charge in [-0.1, -0.05) is 19.3 Å². The van der Waals surface area contributed by atoms with Crippen LogP contribution < -0.4 is 0 Å². The lowest BCUT2D eigenvalue weighted by molar-refractivity contribution is -0.165. The lowest BCUT2D eigenvalue weighted by Crippen LogP contribution is -2.57. The van der Waals surface area contributed by atoms with E-state index in [9.17, 15) is 14.9 Å². The Labute approximate surface area is 118 Å². The van der Waals surface area contributed by atoms with Crippen LogP contribution in [-0.2, 0) is 19.1 Å². The molecule has 0 radical (unpaired) electrons. The molecule has 1 aliphatic heterocycles. The summed E-state index contributed by atoms with van der Waals surface area (Å²) < 4.78 is 9.99. The second kappa shape index (κ2) is 6.23. The Morgan fingerprint density at radius 3 is 2.65 bits per heavy atom. The van der Waals surface area contributed by atoms with Crippen LogP contribution >= 0.6 is 0 Å². The number of nitriles is 1. The molecule has 2 fully saturated rings. The second-order valence-corrected chi connectivity index (χ2v) is 5.37. The molecule has 1 amide bonds. The number of amides is 1. The van der Waals surface area contributed by atoms with Crippen LogP contribution in [0.2, 0.25) is 0 Å². The molecule has 1 aliphatic carbocycles. The Balaban J connectivity index is 2.20. The maximum atomic E-state index is 12.8. The number of carbonyl (C=O) groups is 2. The van der Waals surface area contributed by atoms with Gasteiger partial charge in [0.1, 0.15) is 5.41 Å². The van der Waals surface area contributed by atoms with Crippen molar-refractivity contribution in [2.75, 3.05) is 26.9 Å². The Morgan fingerprint density at radius 1 is 1.35 bits per heavy atom. The molecule has 6 nitrogen and oxygen atoms in total. The van der Waals surface area contributed by atoms with E-state index in [1.54, 1.807) is 0 Å². The minimum absolute atomic E-state index is 0.139. The predicted molar refractivity (Wildman–Crippen MR) is 69.5 cm³/mol. The fraction of sp³-hybridized carbons (Fsp3) is 0.786. The fourth-order valence-electron chi connectivity index (χ4n) is 2.98. The summed E-state index contributed by atoms with van der Waals surface area (Å²) in [6.45, 7) is 0.864. The maximum absolute atomic E-state index is 12.8. The van der Waals surface area contributed by atoms with Gasteiger partial charge in [-0.15, -0.1) is 0 Å². The molecule has 1 saturated heterocycles. The SMILES string of the molecule is COC(=O)C1COCCN1C(=O)C1(C#N)CCCCC1. The highest BCUT2D eigenvalue weighted by molar-refractivity contribution is 5.90. The highest BCUT2D eigenvalue weighted by Gasteiger charge is 2.46. The standard InChI is InChI=1S/C14H20N2O4/c1-19-12(17)11-9-20-8-7-16(11)13(18)14(10-15)5-3-2-4-6-14/h11H,2-9H2,1H3. The van der Waals surface area contributed by atoms with Crippen molar-refractivity contribution in [1.29, 1.82) is 5.26 Å². The summed E-state index contributed by atoms with van der Waals surface area (Å²) in [7, 11) is 1.29. The lowest BCUT2D eigenvalue weighted by Gasteiger charge is -2.39. The van der Waals surface area contributed by atoms with E-state index in [1.165, 1.54) is 12.0 Å². The molecular weight excluding hydrogens is 260 g/mol. The third kappa shape index (κ3) is 2.63. The first-order chi connectivity index (χ1) is 9.64. The summed E-state index contributed by atoms with van der Waals surface area (Å²) >= 11 is 0.